The van der Waals surface area contributed by atoms with Gasteiger partial charge in [0.05, 0.1) is 21.2 Å². The summed E-state index contributed by atoms with van der Waals surface area (Å²) in [5.74, 6) is -1.51. The first kappa shape index (κ1) is 35.5. The van der Waals surface area contributed by atoms with Crippen molar-refractivity contribution in [1.29, 1.82) is 0 Å². The van der Waals surface area contributed by atoms with Gasteiger partial charge in [-0.15, -0.1) is 10.2 Å². The number of hydrogen-bond acceptors (Lipinski definition) is 15. The van der Waals surface area contributed by atoms with E-state index in [-0.39, 0.29) is 17.4 Å². The molecular weight excluding hydrogens is 737 g/mol. The van der Waals surface area contributed by atoms with Gasteiger partial charge < -0.3 is 5.11 Å². The van der Waals surface area contributed by atoms with Crippen LogP contribution in [0.1, 0.15) is 0 Å². The van der Waals surface area contributed by atoms with Crippen LogP contribution in [-0.4, -0.2) is 70.0 Å². The monoisotopic (exact) mass is 752 g/mol. The SMILES string of the molecule is O=S(=O)(O)c1ccc(N=Nc2ccc(N=Nc3c(O)c(S(=O)(=O)O)cc4cc(S(=O)(=O)O)cc(S(=O)(=O)O)c34)c(S(=O)(=O)O)c2)cc1. The summed E-state index contributed by atoms with van der Waals surface area (Å²) in [5.41, 5.74) is -2.16. The topological polar surface area (TPSA) is 342 Å². The van der Waals surface area contributed by atoms with Crippen LogP contribution in [0.2, 0.25) is 0 Å². The van der Waals surface area contributed by atoms with Crippen LogP contribution in [0, 0.1) is 0 Å². The molecule has 47 heavy (non-hydrogen) atoms. The lowest BCUT2D eigenvalue weighted by atomic mass is 10.1. The normalized spacial score (nSPS) is 13.6. The van der Waals surface area contributed by atoms with E-state index in [4.69, 9.17) is 4.55 Å². The largest absolute Gasteiger partial charge is 0.504 e. The van der Waals surface area contributed by atoms with Crippen LogP contribution in [0.4, 0.5) is 22.7 Å². The summed E-state index contributed by atoms with van der Waals surface area (Å²) >= 11 is 0. The molecule has 0 saturated carbocycles. The Kier molecular flexibility index (Phi) is 9.11. The van der Waals surface area contributed by atoms with Crippen molar-refractivity contribution in [3.8, 4) is 5.75 Å². The fraction of sp³-hybridized carbons (Fsp3) is 0. The highest BCUT2D eigenvalue weighted by Crippen LogP contribution is 2.45. The highest BCUT2D eigenvalue weighted by Gasteiger charge is 2.29. The Morgan fingerprint density at radius 2 is 0.957 bits per heavy atom. The van der Waals surface area contributed by atoms with E-state index < -0.39 is 103 Å². The average Bonchev–Trinajstić information content (AvgIpc) is 2.92. The summed E-state index contributed by atoms with van der Waals surface area (Å²) in [7, 11) is -25.7. The van der Waals surface area contributed by atoms with Crippen molar-refractivity contribution in [3.63, 3.8) is 0 Å². The van der Waals surface area contributed by atoms with E-state index >= 15 is 0 Å². The first-order chi connectivity index (χ1) is 21.4. The van der Waals surface area contributed by atoms with Crippen LogP contribution in [0.3, 0.4) is 0 Å². The molecular formula is C22H16N4O16S5. The lowest BCUT2D eigenvalue weighted by molar-refractivity contribution is 0.444. The van der Waals surface area contributed by atoms with E-state index in [9.17, 15) is 65.4 Å². The van der Waals surface area contributed by atoms with E-state index in [0.717, 1.165) is 36.4 Å². The molecule has 0 bridgehead atoms. The van der Waals surface area contributed by atoms with Crippen LogP contribution in [0.15, 0.2) is 106 Å². The molecule has 4 aromatic rings. The number of rotatable bonds is 9. The zero-order chi connectivity index (χ0) is 35.3. The standard InChI is InChI=1S/C22H16N4O16S5/c27-22-19(47(40,41)42)8-11-7-15(44(31,32)33)10-18(46(37,38)39)20(11)21(22)26-25-16-6-3-13(9-17(16)45(34,35)36)24-23-12-1-4-14(5-2-12)43(28,29)30/h1-10,27H,(H,28,29,30)(H,31,32,33)(H,34,35,36)(H,37,38,39)(H,40,41,42). The number of benzene rings is 4. The minimum Gasteiger partial charge on any atom is -0.504 e. The Balaban J connectivity index is 1.93. The molecule has 250 valence electrons. The summed E-state index contributed by atoms with van der Waals surface area (Å²) < 4.78 is 166. The molecule has 6 N–H and O–H groups in total. The van der Waals surface area contributed by atoms with E-state index in [2.05, 4.69) is 20.5 Å². The molecule has 0 atom stereocenters. The minimum absolute atomic E-state index is 0.0300. The molecule has 4 aromatic carbocycles. The van der Waals surface area contributed by atoms with Gasteiger partial charge in [0.1, 0.15) is 26.1 Å². The number of nitrogens with zero attached hydrogens (tertiary/aromatic N) is 4. The predicted molar refractivity (Wildman–Crippen MR) is 156 cm³/mol. The fourth-order valence-electron chi connectivity index (χ4n) is 3.83. The maximum Gasteiger partial charge on any atom is 0.298 e. The van der Waals surface area contributed by atoms with Crippen molar-refractivity contribution in [3.05, 3.63) is 60.7 Å². The Hall–Kier alpha value is -4.31. The summed E-state index contributed by atoms with van der Waals surface area (Å²) in [4.78, 5) is -5.41. The van der Waals surface area contributed by atoms with Gasteiger partial charge in [0.25, 0.3) is 50.6 Å². The van der Waals surface area contributed by atoms with Crippen LogP contribution in [-0.2, 0) is 50.6 Å². The average molecular weight is 753 g/mol. The molecule has 0 unspecified atom stereocenters. The van der Waals surface area contributed by atoms with Gasteiger partial charge in [0.2, 0.25) is 0 Å². The summed E-state index contributed by atoms with van der Waals surface area (Å²) in [6.07, 6.45) is 0. The summed E-state index contributed by atoms with van der Waals surface area (Å²) in [5, 5.41) is 23.5. The maximum absolute atomic E-state index is 12.2. The first-order valence-electron chi connectivity index (χ1n) is 11.7. The van der Waals surface area contributed by atoms with Gasteiger partial charge in [-0.2, -0.15) is 52.3 Å². The van der Waals surface area contributed by atoms with Crippen molar-refractivity contribution in [1.82, 2.24) is 0 Å². The second-order valence-electron chi connectivity index (χ2n) is 9.01. The Labute approximate surface area is 264 Å². The van der Waals surface area contributed by atoms with Gasteiger partial charge in [0, 0.05) is 5.39 Å². The second kappa shape index (κ2) is 12.0. The van der Waals surface area contributed by atoms with Gasteiger partial charge >= 0.3 is 0 Å². The van der Waals surface area contributed by atoms with Crippen molar-refractivity contribution >= 4 is 84.1 Å². The summed E-state index contributed by atoms with van der Waals surface area (Å²) in [6, 6.07) is 7.95. The van der Waals surface area contributed by atoms with Crippen molar-refractivity contribution in [2.75, 3.05) is 0 Å². The summed E-state index contributed by atoms with van der Waals surface area (Å²) in [6.45, 7) is 0. The smallest absolute Gasteiger partial charge is 0.298 e. The van der Waals surface area contributed by atoms with E-state index in [1.54, 1.807) is 0 Å². The molecule has 0 aliphatic rings. The highest BCUT2D eigenvalue weighted by molar-refractivity contribution is 7.87. The molecule has 20 nitrogen and oxygen atoms in total. The lowest BCUT2D eigenvalue weighted by Crippen LogP contribution is -2.06. The number of hydrogen-bond donors (Lipinski definition) is 6. The van der Waals surface area contributed by atoms with Crippen LogP contribution in [0.5, 0.6) is 5.75 Å². The van der Waals surface area contributed by atoms with Crippen molar-refractivity contribution < 1.29 is 70.0 Å². The van der Waals surface area contributed by atoms with Gasteiger partial charge in [-0.05, 0) is 66.0 Å². The van der Waals surface area contributed by atoms with Crippen LogP contribution < -0.4 is 0 Å². The Morgan fingerprint density at radius 1 is 0.447 bits per heavy atom. The quantitative estimate of drug-likeness (QED) is 0.105. The van der Waals surface area contributed by atoms with Crippen LogP contribution in [0.25, 0.3) is 10.8 Å². The van der Waals surface area contributed by atoms with E-state index in [0.29, 0.717) is 18.2 Å². The molecule has 0 aliphatic heterocycles. The van der Waals surface area contributed by atoms with Gasteiger partial charge in [0.15, 0.2) is 5.75 Å². The fourth-order valence-corrected chi connectivity index (χ4v) is 6.93. The van der Waals surface area contributed by atoms with Gasteiger partial charge in [-0.25, -0.2) is 0 Å². The molecule has 0 amide bonds. The second-order valence-corrected chi connectivity index (χ2v) is 16.0. The van der Waals surface area contributed by atoms with E-state index in [1.165, 1.54) is 0 Å². The number of phenols is 1. The molecule has 4 rings (SSSR count). The third-order valence-electron chi connectivity index (χ3n) is 5.84. The number of aromatic hydroxyl groups is 1. The van der Waals surface area contributed by atoms with Crippen molar-refractivity contribution in [2.24, 2.45) is 20.5 Å². The third-order valence-corrected chi connectivity index (χ3v) is 10.2. The number of fused-ring (bicyclic) bond motifs is 1. The Morgan fingerprint density at radius 3 is 1.47 bits per heavy atom. The Bertz CT molecular complexity index is 2590. The molecule has 0 radical (unpaired) electrons. The van der Waals surface area contributed by atoms with Crippen LogP contribution >= 0.6 is 0 Å². The van der Waals surface area contributed by atoms with Gasteiger partial charge in [-0.3, -0.25) is 22.8 Å². The molecule has 0 saturated heterocycles. The molecule has 0 heterocycles. The molecule has 0 spiro atoms. The molecule has 0 aromatic heterocycles. The van der Waals surface area contributed by atoms with E-state index in [1.807, 2.05) is 0 Å². The zero-order valence-corrected chi connectivity index (χ0v) is 26.5. The third kappa shape index (κ3) is 7.99. The van der Waals surface area contributed by atoms with Crippen molar-refractivity contribution in [2.45, 2.75) is 24.5 Å². The minimum atomic E-state index is -5.46. The lowest BCUT2D eigenvalue weighted by Gasteiger charge is -2.13. The first-order valence-corrected chi connectivity index (χ1v) is 18.9. The molecule has 0 fully saturated rings. The number of azo groups is 2. The molecule has 25 heteroatoms. The number of phenolic OH excluding ortho intramolecular Hbond substituents is 1. The molecule has 0 aliphatic carbocycles. The predicted octanol–water partition coefficient (Wildman–Crippen LogP) is 3.61. The van der Waals surface area contributed by atoms with Gasteiger partial charge in [-0.1, -0.05) is 0 Å². The highest BCUT2D eigenvalue weighted by atomic mass is 32.2. The maximum atomic E-state index is 12.2. The zero-order valence-electron chi connectivity index (χ0n) is 22.4.